The Morgan fingerprint density at radius 2 is 2.20 bits per heavy atom. The van der Waals surface area contributed by atoms with Gasteiger partial charge in [-0.25, -0.2) is 0 Å². The van der Waals surface area contributed by atoms with Crippen LogP contribution in [0, 0.1) is 0 Å². The smallest absolute Gasteiger partial charge is 0.0643 e. The molecule has 20 heavy (non-hydrogen) atoms. The van der Waals surface area contributed by atoms with Crippen LogP contribution in [0.15, 0.2) is 29.1 Å². The molecule has 1 atom stereocenters. The Morgan fingerprint density at radius 1 is 1.35 bits per heavy atom. The standard InChI is InChI=1S/C16H23N3S/c1-17-16(13-8-10-20-12-13)11-14-7-9-19(18-14)15-5-3-2-4-6-15/h7-10,12,15-17H,2-6,11H2,1H3. The lowest BCUT2D eigenvalue weighted by Crippen LogP contribution is -2.19. The molecule has 0 spiro atoms. The van der Waals surface area contributed by atoms with Gasteiger partial charge in [0.25, 0.3) is 0 Å². The summed E-state index contributed by atoms with van der Waals surface area (Å²) in [5, 5.41) is 12.6. The summed E-state index contributed by atoms with van der Waals surface area (Å²) in [4.78, 5) is 0. The quantitative estimate of drug-likeness (QED) is 0.903. The van der Waals surface area contributed by atoms with Gasteiger partial charge in [0.1, 0.15) is 0 Å². The van der Waals surface area contributed by atoms with Gasteiger partial charge in [0.05, 0.1) is 11.7 Å². The fourth-order valence-corrected chi connectivity index (χ4v) is 3.82. The number of nitrogens with zero attached hydrogens (tertiary/aromatic N) is 2. The molecule has 2 heterocycles. The zero-order valence-corrected chi connectivity index (χ0v) is 12.9. The molecule has 1 unspecified atom stereocenters. The van der Waals surface area contributed by atoms with E-state index >= 15 is 0 Å². The number of rotatable bonds is 5. The Balaban J connectivity index is 1.67. The van der Waals surface area contributed by atoms with E-state index in [-0.39, 0.29) is 0 Å². The van der Waals surface area contributed by atoms with Crippen LogP contribution in [0.4, 0.5) is 0 Å². The lowest BCUT2D eigenvalue weighted by molar-refractivity contribution is 0.327. The third kappa shape index (κ3) is 3.13. The van der Waals surface area contributed by atoms with Crippen molar-refractivity contribution >= 4 is 11.3 Å². The topological polar surface area (TPSA) is 29.9 Å². The van der Waals surface area contributed by atoms with Gasteiger partial charge in [-0.05, 0) is 48.3 Å². The summed E-state index contributed by atoms with van der Waals surface area (Å²) >= 11 is 1.76. The maximum Gasteiger partial charge on any atom is 0.0643 e. The van der Waals surface area contributed by atoms with Crippen molar-refractivity contribution in [1.29, 1.82) is 0 Å². The molecule has 0 aliphatic heterocycles. The normalized spacial score (nSPS) is 18.2. The van der Waals surface area contributed by atoms with E-state index in [2.05, 4.69) is 39.1 Å². The Labute approximate surface area is 125 Å². The summed E-state index contributed by atoms with van der Waals surface area (Å²) in [6, 6.07) is 5.39. The molecule has 0 aromatic carbocycles. The molecule has 0 radical (unpaired) electrons. The maximum atomic E-state index is 4.81. The molecular weight excluding hydrogens is 266 g/mol. The summed E-state index contributed by atoms with van der Waals surface area (Å²) in [5.74, 6) is 0. The number of likely N-dealkylation sites (N-methyl/N-ethyl adjacent to an activating group) is 1. The van der Waals surface area contributed by atoms with Crippen LogP contribution >= 0.6 is 11.3 Å². The molecular formula is C16H23N3S. The first kappa shape index (κ1) is 13.8. The Hall–Kier alpha value is -1.13. The lowest BCUT2D eigenvalue weighted by Gasteiger charge is -2.22. The highest BCUT2D eigenvalue weighted by Crippen LogP contribution is 2.28. The van der Waals surface area contributed by atoms with Crippen molar-refractivity contribution in [2.75, 3.05) is 7.05 Å². The van der Waals surface area contributed by atoms with E-state index in [1.165, 1.54) is 43.4 Å². The van der Waals surface area contributed by atoms with E-state index in [4.69, 9.17) is 5.10 Å². The molecule has 0 amide bonds. The van der Waals surface area contributed by atoms with Crippen LogP contribution in [0.3, 0.4) is 0 Å². The summed E-state index contributed by atoms with van der Waals surface area (Å²) in [6.07, 6.45) is 9.83. The second-order valence-corrected chi connectivity index (χ2v) is 6.46. The monoisotopic (exact) mass is 289 g/mol. The largest absolute Gasteiger partial charge is 0.313 e. The van der Waals surface area contributed by atoms with Crippen molar-refractivity contribution in [2.45, 2.75) is 50.6 Å². The van der Waals surface area contributed by atoms with Gasteiger partial charge in [-0.15, -0.1) is 0 Å². The van der Waals surface area contributed by atoms with Crippen molar-refractivity contribution in [2.24, 2.45) is 0 Å². The Bertz CT molecular complexity index is 512. The highest BCUT2D eigenvalue weighted by atomic mass is 32.1. The van der Waals surface area contributed by atoms with Crippen molar-refractivity contribution in [1.82, 2.24) is 15.1 Å². The first-order valence-electron chi connectivity index (χ1n) is 7.60. The van der Waals surface area contributed by atoms with Crippen molar-refractivity contribution in [3.05, 3.63) is 40.3 Å². The lowest BCUT2D eigenvalue weighted by atomic mass is 9.96. The Kier molecular flexibility index (Phi) is 4.53. The molecule has 2 aromatic rings. The third-order valence-electron chi connectivity index (χ3n) is 4.32. The third-order valence-corrected chi connectivity index (χ3v) is 5.02. The highest BCUT2D eigenvalue weighted by molar-refractivity contribution is 7.07. The van der Waals surface area contributed by atoms with Crippen molar-refractivity contribution in [3.63, 3.8) is 0 Å². The molecule has 3 rings (SSSR count). The second kappa shape index (κ2) is 6.55. The predicted molar refractivity (Wildman–Crippen MR) is 84.2 cm³/mol. The zero-order chi connectivity index (χ0) is 13.8. The Morgan fingerprint density at radius 3 is 2.90 bits per heavy atom. The highest BCUT2D eigenvalue weighted by Gasteiger charge is 2.17. The van der Waals surface area contributed by atoms with E-state index in [1.54, 1.807) is 11.3 Å². The fourth-order valence-electron chi connectivity index (χ4n) is 3.10. The van der Waals surface area contributed by atoms with E-state index in [9.17, 15) is 0 Å². The zero-order valence-electron chi connectivity index (χ0n) is 12.1. The van der Waals surface area contributed by atoms with Gasteiger partial charge in [-0.2, -0.15) is 16.4 Å². The molecule has 1 aliphatic rings. The van der Waals surface area contributed by atoms with Crippen LogP contribution in [-0.2, 0) is 6.42 Å². The van der Waals surface area contributed by atoms with E-state index in [0.717, 1.165) is 6.42 Å². The molecule has 1 fully saturated rings. The van der Waals surface area contributed by atoms with E-state index < -0.39 is 0 Å². The molecule has 108 valence electrons. The molecule has 4 heteroatoms. The number of nitrogens with one attached hydrogen (secondary N) is 1. The maximum absolute atomic E-state index is 4.81. The second-order valence-electron chi connectivity index (χ2n) is 5.68. The van der Waals surface area contributed by atoms with Crippen LogP contribution in [0.5, 0.6) is 0 Å². The van der Waals surface area contributed by atoms with Crippen LogP contribution in [0.25, 0.3) is 0 Å². The van der Waals surface area contributed by atoms with Gasteiger partial charge in [-0.1, -0.05) is 19.3 Å². The van der Waals surface area contributed by atoms with Crippen LogP contribution in [0.2, 0.25) is 0 Å². The molecule has 1 saturated carbocycles. The number of thiophene rings is 1. The van der Waals surface area contributed by atoms with E-state index in [1.807, 2.05) is 7.05 Å². The van der Waals surface area contributed by atoms with E-state index in [0.29, 0.717) is 12.1 Å². The molecule has 0 bridgehead atoms. The summed E-state index contributed by atoms with van der Waals surface area (Å²) in [7, 11) is 2.03. The van der Waals surface area contributed by atoms with Gasteiger partial charge in [-0.3, -0.25) is 4.68 Å². The minimum Gasteiger partial charge on any atom is -0.313 e. The number of hydrogen-bond donors (Lipinski definition) is 1. The molecule has 0 saturated heterocycles. The van der Waals surface area contributed by atoms with Crippen molar-refractivity contribution in [3.8, 4) is 0 Å². The van der Waals surface area contributed by atoms with Crippen LogP contribution in [-0.4, -0.2) is 16.8 Å². The molecule has 1 aliphatic carbocycles. The SMILES string of the molecule is CNC(Cc1ccn(C2CCCCC2)n1)c1ccsc1. The van der Waals surface area contributed by atoms with Gasteiger partial charge < -0.3 is 5.32 Å². The van der Waals surface area contributed by atoms with Gasteiger partial charge in [0, 0.05) is 18.7 Å². The fraction of sp³-hybridized carbons (Fsp3) is 0.562. The van der Waals surface area contributed by atoms with Gasteiger partial charge in [0.2, 0.25) is 0 Å². The summed E-state index contributed by atoms with van der Waals surface area (Å²) in [6.45, 7) is 0. The minimum atomic E-state index is 0.371. The summed E-state index contributed by atoms with van der Waals surface area (Å²) in [5.41, 5.74) is 2.56. The first-order valence-corrected chi connectivity index (χ1v) is 8.54. The van der Waals surface area contributed by atoms with Gasteiger partial charge >= 0.3 is 0 Å². The van der Waals surface area contributed by atoms with Crippen LogP contribution in [0.1, 0.15) is 55.4 Å². The average molecular weight is 289 g/mol. The van der Waals surface area contributed by atoms with Gasteiger partial charge in [0.15, 0.2) is 0 Å². The molecule has 3 nitrogen and oxygen atoms in total. The predicted octanol–water partition coefficient (Wildman–Crippen LogP) is 3.95. The molecule has 1 N–H and O–H groups in total. The number of hydrogen-bond acceptors (Lipinski definition) is 3. The first-order chi connectivity index (χ1) is 9.86. The average Bonchev–Trinajstić information content (AvgIpc) is 3.17. The van der Waals surface area contributed by atoms with Crippen LogP contribution < -0.4 is 5.32 Å². The number of aromatic nitrogens is 2. The minimum absolute atomic E-state index is 0.371. The summed E-state index contributed by atoms with van der Waals surface area (Å²) < 4.78 is 2.20. The van der Waals surface area contributed by atoms with Crippen molar-refractivity contribution < 1.29 is 0 Å². The molecule has 2 aromatic heterocycles.